The summed E-state index contributed by atoms with van der Waals surface area (Å²) >= 11 is 0. The van der Waals surface area contributed by atoms with E-state index >= 15 is 0 Å². The van der Waals surface area contributed by atoms with Crippen LogP contribution in [0.2, 0.25) is 0 Å². The van der Waals surface area contributed by atoms with Gasteiger partial charge in [-0.3, -0.25) is 0 Å². The van der Waals surface area contributed by atoms with E-state index in [1.807, 2.05) is 6.92 Å². The number of hydrogen-bond acceptors (Lipinski definition) is 3. The van der Waals surface area contributed by atoms with E-state index in [2.05, 4.69) is 27.7 Å². The van der Waals surface area contributed by atoms with Crippen LogP contribution < -0.4 is 0 Å². The number of rotatable bonds is 3. The van der Waals surface area contributed by atoms with Gasteiger partial charge in [-0.05, 0) is 57.3 Å². The molecular formula is C18H32O3. The minimum absolute atomic E-state index is 0.123. The van der Waals surface area contributed by atoms with Crippen LogP contribution in [0.1, 0.15) is 73.1 Å². The van der Waals surface area contributed by atoms with E-state index in [-0.39, 0.29) is 28.6 Å². The number of hydrogen-bond donors (Lipinski definition) is 2. The molecule has 3 fully saturated rings. The number of ether oxygens (including phenoxy) is 1. The van der Waals surface area contributed by atoms with Crippen molar-refractivity contribution in [3.8, 4) is 0 Å². The largest absolute Gasteiger partial charge is 0.393 e. The highest BCUT2D eigenvalue weighted by Crippen LogP contribution is 2.74. The third-order valence-electron chi connectivity index (χ3n) is 7.31. The smallest absolute Gasteiger partial charge is 0.121 e. The maximum atomic E-state index is 10.7. The molecule has 2 N–H and O–H groups in total. The van der Waals surface area contributed by atoms with Crippen LogP contribution in [0.5, 0.6) is 0 Å². The molecule has 6 atom stereocenters. The second-order valence-corrected chi connectivity index (χ2v) is 8.99. The standard InChI is InChI=1S/C18H32O3/c1-12(19)7-10-18-16(4)9-6-8-15(2,3)13(16)11-14(20)17(18,5)21-18/h12-14,19-20H,6-11H2,1-5H3/t12-,13-,14-,16-,17-,18+/m0/s1. The number of aliphatic hydroxyl groups excluding tert-OH is 2. The average Bonchev–Trinajstić information content (AvgIpc) is 3.00. The maximum absolute atomic E-state index is 10.7. The van der Waals surface area contributed by atoms with Crippen LogP contribution in [0.4, 0.5) is 0 Å². The van der Waals surface area contributed by atoms with Crippen LogP contribution in [-0.2, 0) is 4.74 Å². The molecule has 0 bridgehead atoms. The highest BCUT2D eigenvalue weighted by molar-refractivity contribution is 5.29. The van der Waals surface area contributed by atoms with Crippen molar-refractivity contribution in [3.63, 3.8) is 0 Å². The molecule has 0 spiro atoms. The van der Waals surface area contributed by atoms with E-state index in [9.17, 15) is 10.2 Å². The van der Waals surface area contributed by atoms with Gasteiger partial charge in [-0.1, -0.05) is 27.2 Å². The van der Waals surface area contributed by atoms with Crippen molar-refractivity contribution in [2.24, 2.45) is 16.7 Å². The molecule has 0 aromatic carbocycles. The molecule has 3 nitrogen and oxygen atoms in total. The van der Waals surface area contributed by atoms with E-state index in [1.54, 1.807) is 0 Å². The number of fused-ring (bicyclic) bond motifs is 3. The van der Waals surface area contributed by atoms with Gasteiger partial charge in [-0.2, -0.15) is 0 Å². The summed E-state index contributed by atoms with van der Waals surface area (Å²) in [6.07, 6.45) is 5.47. The monoisotopic (exact) mass is 296 g/mol. The molecule has 1 aliphatic heterocycles. The lowest BCUT2D eigenvalue weighted by atomic mass is 9.45. The summed E-state index contributed by atoms with van der Waals surface area (Å²) in [5.41, 5.74) is -0.256. The van der Waals surface area contributed by atoms with Gasteiger partial charge >= 0.3 is 0 Å². The van der Waals surface area contributed by atoms with Crippen LogP contribution in [0.25, 0.3) is 0 Å². The zero-order valence-electron chi connectivity index (χ0n) is 14.3. The molecule has 3 aliphatic rings. The van der Waals surface area contributed by atoms with Crippen molar-refractivity contribution in [2.75, 3.05) is 0 Å². The molecule has 0 radical (unpaired) electrons. The third-order valence-corrected chi connectivity index (χ3v) is 7.31. The Morgan fingerprint density at radius 1 is 1.19 bits per heavy atom. The molecule has 2 saturated carbocycles. The van der Waals surface area contributed by atoms with Crippen LogP contribution in [-0.4, -0.2) is 33.6 Å². The summed E-state index contributed by atoms with van der Waals surface area (Å²) in [4.78, 5) is 0. The Balaban J connectivity index is 1.97. The molecule has 21 heavy (non-hydrogen) atoms. The Bertz CT molecular complexity index is 432. The normalized spacial score (nSPS) is 52.7. The quantitative estimate of drug-likeness (QED) is 0.786. The topological polar surface area (TPSA) is 53.0 Å². The average molecular weight is 296 g/mol. The van der Waals surface area contributed by atoms with Crippen LogP contribution in [0, 0.1) is 16.7 Å². The molecule has 1 saturated heterocycles. The molecular weight excluding hydrogens is 264 g/mol. The predicted molar refractivity (Wildman–Crippen MR) is 83.0 cm³/mol. The molecule has 3 rings (SSSR count). The molecule has 0 aromatic rings. The van der Waals surface area contributed by atoms with E-state index < -0.39 is 5.60 Å². The second-order valence-electron chi connectivity index (χ2n) is 8.99. The molecule has 3 heteroatoms. The first kappa shape index (κ1) is 15.8. The van der Waals surface area contributed by atoms with Gasteiger partial charge in [0.05, 0.1) is 12.2 Å². The lowest BCUT2D eigenvalue weighted by molar-refractivity contribution is -0.102. The fourth-order valence-corrected chi connectivity index (χ4v) is 5.99. The minimum atomic E-state index is -0.402. The van der Waals surface area contributed by atoms with Gasteiger partial charge in [0.1, 0.15) is 11.2 Å². The van der Waals surface area contributed by atoms with Gasteiger partial charge in [0, 0.05) is 5.41 Å². The van der Waals surface area contributed by atoms with Crippen molar-refractivity contribution in [3.05, 3.63) is 0 Å². The van der Waals surface area contributed by atoms with Crippen molar-refractivity contribution >= 4 is 0 Å². The molecule has 0 aromatic heterocycles. The van der Waals surface area contributed by atoms with Crippen LogP contribution >= 0.6 is 0 Å². The molecule has 2 aliphatic carbocycles. The molecule has 122 valence electrons. The first-order valence-electron chi connectivity index (χ1n) is 8.65. The SMILES string of the molecule is C[C@H](O)CC[C@]12O[C@@]1(C)[C@@H](O)C[C@H]1C(C)(C)CCC[C@@]12C. The molecule has 0 unspecified atom stereocenters. The Hall–Kier alpha value is -0.120. The van der Waals surface area contributed by atoms with Crippen molar-refractivity contribution < 1.29 is 14.9 Å². The van der Waals surface area contributed by atoms with E-state index in [4.69, 9.17) is 4.74 Å². The fourth-order valence-electron chi connectivity index (χ4n) is 5.99. The summed E-state index contributed by atoms with van der Waals surface area (Å²) in [5.74, 6) is 0.498. The highest BCUT2D eigenvalue weighted by Gasteiger charge is 2.81. The Morgan fingerprint density at radius 2 is 1.86 bits per heavy atom. The van der Waals surface area contributed by atoms with Gasteiger partial charge in [-0.15, -0.1) is 0 Å². The van der Waals surface area contributed by atoms with Crippen LogP contribution in [0.3, 0.4) is 0 Å². The summed E-state index contributed by atoms with van der Waals surface area (Å²) in [6, 6.07) is 0. The Labute approximate surface area is 129 Å². The third kappa shape index (κ3) is 1.90. The number of epoxide rings is 1. The molecule has 0 amide bonds. The summed E-state index contributed by atoms with van der Waals surface area (Å²) < 4.78 is 6.32. The van der Waals surface area contributed by atoms with E-state index in [1.165, 1.54) is 19.3 Å². The van der Waals surface area contributed by atoms with Crippen molar-refractivity contribution in [2.45, 2.75) is 96.6 Å². The van der Waals surface area contributed by atoms with Crippen molar-refractivity contribution in [1.82, 2.24) is 0 Å². The Morgan fingerprint density at radius 3 is 2.48 bits per heavy atom. The van der Waals surface area contributed by atoms with Gasteiger partial charge < -0.3 is 14.9 Å². The summed E-state index contributed by atoms with van der Waals surface area (Å²) in [7, 11) is 0. The molecule has 1 heterocycles. The first-order valence-corrected chi connectivity index (χ1v) is 8.65. The lowest BCUT2D eigenvalue weighted by Gasteiger charge is -2.57. The fraction of sp³-hybridized carbons (Fsp3) is 1.00. The van der Waals surface area contributed by atoms with Gasteiger partial charge in [0.25, 0.3) is 0 Å². The van der Waals surface area contributed by atoms with Crippen molar-refractivity contribution in [1.29, 1.82) is 0 Å². The number of aliphatic hydroxyl groups is 2. The van der Waals surface area contributed by atoms with Gasteiger partial charge in [-0.25, -0.2) is 0 Å². The predicted octanol–water partition coefficient (Wildman–Crippen LogP) is 3.27. The van der Waals surface area contributed by atoms with E-state index in [0.29, 0.717) is 5.92 Å². The second kappa shape index (κ2) is 4.46. The zero-order valence-corrected chi connectivity index (χ0v) is 14.3. The summed E-state index contributed by atoms with van der Waals surface area (Å²) in [5, 5.41) is 20.4. The highest BCUT2D eigenvalue weighted by atomic mass is 16.6. The van der Waals surface area contributed by atoms with Gasteiger partial charge in [0.15, 0.2) is 0 Å². The van der Waals surface area contributed by atoms with Crippen LogP contribution in [0.15, 0.2) is 0 Å². The minimum Gasteiger partial charge on any atom is -0.393 e. The first-order chi connectivity index (χ1) is 9.59. The zero-order chi connectivity index (χ0) is 15.7. The summed E-state index contributed by atoms with van der Waals surface area (Å²) in [6.45, 7) is 11.0. The lowest BCUT2D eigenvalue weighted by Crippen LogP contribution is -2.60. The Kier molecular flexibility index (Phi) is 3.34. The maximum Gasteiger partial charge on any atom is 0.121 e. The van der Waals surface area contributed by atoms with E-state index in [0.717, 1.165) is 19.3 Å². The van der Waals surface area contributed by atoms with Gasteiger partial charge in [0.2, 0.25) is 0 Å².